The van der Waals surface area contributed by atoms with Crippen molar-refractivity contribution in [3.05, 3.63) is 109 Å². The van der Waals surface area contributed by atoms with E-state index in [0.29, 0.717) is 28.2 Å². The third-order valence-electron chi connectivity index (χ3n) is 5.68. The van der Waals surface area contributed by atoms with Crippen LogP contribution in [0.25, 0.3) is 11.6 Å². The van der Waals surface area contributed by atoms with Gasteiger partial charge < -0.3 is 14.2 Å². The van der Waals surface area contributed by atoms with E-state index in [4.69, 9.17) is 9.47 Å². The molecule has 0 unspecified atom stereocenters. The van der Waals surface area contributed by atoms with Crippen molar-refractivity contribution in [2.45, 2.75) is 13.2 Å². The number of hydrogen-bond acceptors (Lipinski definition) is 7. The summed E-state index contributed by atoms with van der Waals surface area (Å²) in [5.74, 6) is 0.602. The van der Waals surface area contributed by atoms with Crippen LogP contribution in [0.2, 0.25) is 0 Å². The number of rotatable bonds is 7. The van der Waals surface area contributed by atoms with Gasteiger partial charge in [-0.2, -0.15) is 14.0 Å². The topological polar surface area (TPSA) is 90.6 Å². The number of aromatic nitrogens is 1. The molecule has 1 aromatic heterocycles. The van der Waals surface area contributed by atoms with Crippen LogP contribution in [0.3, 0.4) is 0 Å². The van der Waals surface area contributed by atoms with Gasteiger partial charge >= 0.3 is 6.61 Å². The van der Waals surface area contributed by atoms with E-state index in [-0.39, 0.29) is 33.9 Å². The first kappa shape index (κ1) is 24.9. The predicted molar refractivity (Wildman–Crippen MR) is 136 cm³/mol. The van der Waals surface area contributed by atoms with E-state index in [1.165, 1.54) is 28.8 Å². The number of Topliss-reactive ketones (excluding diaryl/α,β-unsaturated/α-hetero) is 1. The van der Waals surface area contributed by atoms with Crippen LogP contribution in [0.15, 0.2) is 77.6 Å². The molecule has 0 saturated heterocycles. The summed E-state index contributed by atoms with van der Waals surface area (Å²) in [6.45, 7) is -2.78. The molecule has 0 saturated carbocycles. The van der Waals surface area contributed by atoms with Gasteiger partial charge in [0.15, 0.2) is 11.5 Å². The molecule has 190 valence electrons. The molecule has 0 amide bonds. The number of halogens is 2. The summed E-state index contributed by atoms with van der Waals surface area (Å²) in [5, 5.41) is 9.98. The molecule has 1 aliphatic rings. The van der Waals surface area contributed by atoms with Crippen LogP contribution in [0.5, 0.6) is 17.2 Å². The second-order valence-corrected chi connectivity index (χ2v) is 9.15. The van der Waals surface area contributed by atoms with Gasteiger partial charge in [0.2, 0.25) is 12.6 Å². The fraction of sp³-hybridized carbons (Fsp3) is 0.107. The number of nitrogens with zero attached hydrogens (tertiary/aromatic N) is 2. The van der Waals surface area contributed by atoms with Crippen molar-refractivity contribution in [3.63, 3.8) is 0 Å². The van der Waals surface area contributed by atoms with E-state index >= 15 is 0 Å². The molecule has 2 heterocycles. The van der Waals surface area contributed by atoms with Crippen molar-refractivity contribution in [1.82, 2.24) is 4.57 Å². The number of ketones is 1. The quantitative estimate of drug-likeness (QED) is 0.338. The molecule has 0 spiro atoms. The summed E-state index contributed by atoms with van der Waals surface area (Å²) in [6, 6.07) is 21.4. The second kappa shape index (κ2) is 10.7. The highest BCUT2D eigenvalue weighted by Gasteiger charge is 2.19. The van der Waals surface area contributed by atoms with Gasteiger partial charge in [0.25, 0.3) is 5.56 Å². The summed E-state index contributed by atoms with van der Waals surface area (Å²) in [4.78, 5) is 26.8. The van der Waals surface area contributed by atoms with Gasteiger partial charge in [-0.3, -0.25) is 14.2 Å². The fourth-order valence-electron chi connectivity index (χ4n) is 3.90. The van der Waals surface area contributed by atoms with Gasteiger partial charge in [-0.25, -0.2) is 0 Å². The van der Waals surface area contributed by atoms with Crippen LogP contribution < -0.4 is 29.0 Å². The average Bonchev–Trinajstić information content (AvgIpc) is 3.50. The van der Waals surface area contributed by atoms with Crippen molar-refractivity contribution < 1.29 is 27.8 Å². The predicted octanol–water partition coefficient (Wildman–Crippen LogP) is 3.67. The number of fused-ring (bicyclic) bond motifs is 1. The number of alkyl halides is 2. The zero-order valence-electron chi connectivity index (χ0n) is 19.6. The number of hydrogen-bond donors (Lipinski definition) is 0. The van der Waals surface area contributed by atoms with E-state index in [1.54, 1.807) is 54.6 Å². The highest BCUT2D eigenvalue weighted by atomic mass is 32.1. The second-order valence-electron chi connectivity index (χ2n) is 8.12. The maximum Gasteiger partial charge on any atom is 0.387 e. The van der Waals surface area contributed by atoms with Crippen molar-refractivity contribution >= 4 is 28.8 Å². The van der Waals surface area contributed by atoms with Crippen LogP contribution in [0, 0.1) is 11.3 Å². The Morgan fingerprint density at radius 2 is 1.82 bits per heavy atom. The molecule has 0 fully saturated rings. The van der Waals surface area contributed by atoms with Gasteiger partial charge in [0.1, 0.15) is 22.1 Å². The summed E-state index contributed by atoms with van der Waals surface area (Å²) in [5.41, 5.74) is 1.00. The Kier molecular flexibility index (Phi) is 7.02. The first-order valence-electron chi connectivity index (χ1n) is 11.3. The minimum absolute atomic E-state index is 0.0159. The van der Waals surface area contributed by atoms with Gasteiger partial charge in [-0.15, -0.1) is 11.3 Å². The van der Waals surface area contributed by atoms with Crippen LogP contribution in [-0.2, 0) is 6.54 Å². The lowest BCUT2D eigenvalue weighted by molar-refractivity contribution is -0.0498. The maximum absolute atomic E-state index is 13.6. The third-order valence-corrected chi connectivity index (χ3v) is 6.81. The maximum atomic E-state index is 13.6. The molecular formula is C28H18F2N2O5S. The Labute approximate surface area is 218 Å². The standard InChI is InChI=1S/C28H18F2N2O5S/c29-28(30)37-20-9-6-17(7-10-20)13-24-26(34)32(15-18-8-11-22-23(12-18)36-16-35-22)27(38-24)21(14-31)25(33)19-4-2-1-3-5-19/h1-13,28H,15-16H2/b24-13+,27-21+. The number of benzene rings is 3. The van der Waals surface area contributed by atoms with E-state index in [1.807, 2.05) is 6.07 Å². The highest BCUT2D eigenvalue weighted by Crippen LogP contribution is 2.32. The molecule has 0 bridgehead atoms. The minimum atomic E-state index is -2.95. The molecule has 3 aromatic carbocycles. The first-order valence-corrected chi connectivity index (χ1v) is 12.1. The van der Waals surface area contributed by atoms with Gasteiger partial charge in [-0.1, -0.05) is 48.5 Å². The highest BCUT2D eigenvalue weighted by molar-refractivity contribution is 7.07. The molecular weight excluding hydrogens is 514 g/mol. The third kappa shape index (κ3) is 5.19. The Morgan fingerprint density at radius 1 is 1.08 bits per heavy atom. The number of nitriles is 1. The SMILES string of the molecule is N#C/C(C(=O)c1ccccc1)=c1\s/c(=C/c2ccc(OC(F)F)cc2)c(=O)n1Cc1ccc2c(c1)OCO2. The Morgan fingerprint density at radius 3 is 2.53 bits per heavy atom. The van der Waals surface area contributed by atoms with Gasteiger partial charge in [0.05, 0.1) is 11.1 Å². The molecule has 7 nitrogen and oxygen atoms in total. The Bertz CT molecular complexity index is 1720. The van der Waals surface area contributed by atoms with Crippen molar-refractivity contribution in [2.24, 2.45) is 0 Å². The van der Waals surface area contributed by atoms with Crippen molar-refractivity contribution in [1.29, 1.82) is 5.26 Å². The van der Waals surface area contributed by atoms with Crippen LogP contribution in [-0.4, -0.2) is 23.8 Å². The van der Waals surface area contributed by atoms with Crippen molar-refractivity contribution in [2.75, 3.05) is 6.79 Å². The zero-order valence-corrected chi connectivity index (χ0v) is 20.4. The fourth-order valence-corrected chi connectivity index (χ4v) is 5.00. The Balaban J connectivity index is 1.65. The molecule has 1 aliphatic heterocycles. The number of thiazole rings is 1. The molecule has 10 heteroatoms. The molecule has 0 aliphatic carbocycles. The molecule has 5 rings (SSSR count). The number of ether oxygens (including phenoxy) is 3. The monoisotopic (exact) mass is 532 g/mol. The molecule has 0 radical (unpaired) electrons. The summed E-state index contributed by atoms with van der Waals surface area (Å²) >= 11 is 1.00. The van der Waals surface area contributed by atoms with E-state index in [0.717, 1.165) is 11.3 Å². The lowest BCUT2D eigenvalue weighted by atomic mass is 10.1. The zero-order chi connectivity index (χ0) is 26.6. The Hall–Kier alpha value is -4.75. The molecule has 38 heavy (non-hydrogen) atoms. The normalized spacial score (nSPS) is 13.4. The number of carbonyl (C=O) groups excluding carboxylic acids is 1. The molecule has 0 N–H and O–H groups in total. The summed E-state index contributed by atoms with van der Waals surface area (Å²) in [7, 11) is 0. The minimum Gasteiger partial charge on any atom is -0.454 e. The lowest BCUT2D eigenvalue weighted by Gasteiger charge is -2.06. The lowest BCUT2D eigenvalue weighted by Crippen LogP contribution is -2.33. The van der Waals surface area contributed by atoms with Gasteiger partial charge in [-0.05, 0) is 41.5 Å². The first-order chi connectivity index (χ1) is 18.4. The molecule has 0 atom stereocenters. The summed E-state index contributed by atoms with van der Waals surface area (Å²) in [6.07, 6.45) is 1.57. The van der Waals surface area contributed by atoms with Crippen LogP contribution >= 0.6 is 11.3 Å². The van der Waals surface area contributed by atoms with Crippen LogP contribution in [0.4, 0.5) is 8.78 Å². The number of carbonyl (C=O) groups is 1. The van der Waals surface area contributed by atoms with Crippen LogP contribution in [0.1, 0.15) is 21.5 Å². The van der Waals surface area contributed by atoms with E-state index in [9.17, 15) is 23.6 Å². The van der Waals surface area contributed by atoms with E-state index < -0.39 is 18.0 Å². The molecule has 4 aromatic rings. The smallest absolute Gasteiger partial charge is 0.387 e. The largest absolute Gasteiger partial charge is 0.454 e. The van der Waals surface area contributed by atoms with E-state index in [2.05, 4.69) is 4.74 Å². The summed E-state index contributed by atoms with van der Waals surface area (Å²) < 4.78 is 41.9. The van der Waals surface area contributed by atoms with Crippen molar-refractivity contribution in [3.8, 4) is 23.3 Å². The average molecular weight is 533 g/mol. The van der Waals surface area contributed by atoms with Gasteiger partial charge in [0, 0.05) is 5.56 Å².